The highest BCUT2D eigenvalue weighted by Crippen LogP contribution is 2.68. The molecule has 30 heavy (non-hydrogen) atoms. The minimum atomic E-state index is -1.10. The van der Waals surface area contributed by atoms with Gasteiger partial charge < -0.3 is 9.64 Å². The molecule has 152 valence electrons. The molecule has 2 aliphatic rings. The quantitative estimate of drug-likeness (QED) is 0.523. The van der Waals surface area contributed by atoms with Crippen molar-refractivity contribution in [3.8, 4) is 24.2 Å². The van der Waals surface area contributed by atoms with Gasteiger partial charge in [-0.25, -0.2) is 0 Å². The molecule has 0 radical (unpaired) electrons. The number of nitriles is 1. The smallest absolute Gasteiger partial charge is 0.254 e. The topological polar surface area (TPSA) is 53.3 Å². The second kappa shape index (κ2) is 6.53. The van der Waals surface area contributed by atoms with Crippen molar-refractivity contribution in [3.05, 3.63) is 64.7 Å². The largest absolute Gasteiger partial charge is 0.469 e. The summed E-state index contributed by atoms with van der Waals surface area (Å²) in [6.07, 6.45) is 5.52. The molecule has 0 spiro atoms. The highest BCUT2D eigenvalue weighted by atomic mass is 35.5. The Morgan fingerprint density at radius 2 is 1.83 bits per heavy atom. The molecule has 4 nitrogen and oxygen atoms in total. The van der Waals surface area contributed by atoms with Crippen molar-refractivity contribution in [3.63, 3.8) is 0 Å². The fraction of sp³-hybridized carbons (Fsp3) is 0.360. The lowest BCUT2D eigenvalue weighted by Gasteiger charge is -2.69. The van der Waals surface area contributed by atoms with Crippen LogP contribution < -0.4 is 4.74 Å². The molecule has 0 N–H and O–H groups in total. The highest BCUT2D eigenvalue weighted by Gasteiger charge is 2.76. The molecule has 1 amide bonds. The van der Waals surface area contributed by atoms with E-state index in [2.05, 4.69) is 12.0 Å². The van der Waals surface area contributed by atoms with E-state index < -0.39 is 15.9 Å². The fourth-order valence-corrected chi connectivity index (χ4v) is 5.78. The van der Waals surface area contributed by atoms with Crippen LogP contribution in [-0.4, -0.2) is 21.9 Å². The number of ether oxygens (including phenoxy) is 1. The van der Waals surface area contributed by atoms with E-state index in [0.717, 1.165) is 11.1 Å². The van der Waals surface area contributed by atoms with Crippen molar-refractivity contribution in [2.24, 2.45) is 10.8 Å². The number of nitrogens with zero attached hydrogens (tertiary/aromatic N) is 2. The van der Waals surface area contributed by atoms with Crippen LogP contribution in [0.1, 0.15) is 54.7 Å². The molecule has 0 aromatic heterocycles. The summed E-state index contributed by atoms with van der Waals surface area (Å²) in [5.74, 6) is 3.06. The van der Waals surface area contributed by atoms with Crippen LogP contribution in [0.15, 0.2) is 42.5 Å². The molecule has 5 heteroatoms. The van der Waals surface area contributed by atoms with Crippen LogP contribution >= 0.6 is 11.6 Å². The van der Waals surface area contributed by atoms with Crippen molar-refractivity contribution in [2.75, 3.05) is 0 Å². The average molecular weight is 419 g/mol. The number of carbonyl (C=O) groups excluding carboxylic acids is 1. The van der Waals surface area contributed by atoms with Crippen molar-refractivity contribution < 1.29 is 9.53 Å². The number of carbonyl (C=O) groups is 1. The number of rotatable bonds is 3. The Hall–Kier alpha value is -2.95. The predicted molar refractivity (Wildman–Crippen MR) is 116 cm³/mol. The third kappa shape index (κ3) is 2.51. The first-order chi connectivity index (χ1) is 14.1. The van der Waals surface area contributed by atoms with Crippen molar-refractivity contribution >= 4 is 17.5 Å². The van der Waals surface area contributed by atoms with Gasteiger partial charge in [0.2, 0.25) is 0 Å². The number of terminal acetylenes is 1. The monoisotopic (exact) mass is 418 g/mol. The number of hydrogen-bond donors (Lipinski definition) is 0. The Morgan fingerprint density at radius 1 is 1.17 bits per heavy atom. The summed E-state index contributed by atoms with van der Waals surface area (Å²) in [6, 6.07) is 14.6. The van der Waals surface area contributed by atoms with Crippen LogP contribution in [0.4, 0.5) is 0 Å². The summed E-state index contributed by atoms with van der Waals surface area (Å²) >= 11 is 7.14. The first-order valence-electron chi connectivity index (χ1n) is 9.86. The maximum absolute atomic E-state index is 13.2. The van der Waals surface area contributed by atoms with Gasteiger partial charge in [-0.2, -0.15) is 5.26 Å². The van der Waals surface area contributed by atoms with Gasteiger partial charge in [-0.3, -0.25) is 4.79 Å². The third-order valence-electron chi connectivity index (χ3n) is 6.70. The summed E-state index contributed by atoms with van der Waals surface area (Å²) in [5.41, 5.74) is 1.66. The van der Waals surface area contributed by atoms with Gasteiger partial charge in [0.25, 0.3) is 5.91 Å². The van der Waals surface area contributed by atoms with Crippen LogP contribution in [0.5, 0.6) is 5.75 Å². The van der Waals surface area contributed by atoms with E-state index in [1.54, 1.807) is 30.3 Å². The molecule has 0 unspecified atom stereocenters. The van der Waals surface area contributed by atoms with E-state index in [0.29, 0.717) is 23.4 Å². The van der Waals surface area contributed by atoms with Crippen LogP contribution in [-0.2, 0) is 6.54 Å². The van der Waals surface area contributed by atoms with Crippen LogP contribution in [0, 0.1) is 34.5 Å². The van der Waals surface area contributed by atoms with Gasteiger partial charge in [-0.05, 0) is 35.9 Å². The summed E-state index contributed by atoms with van der Waals surface area (Å²) in [4.78, 5) is 15.1. The van der Waals surface area contributed by atoms with Gasteiger partial charge in [0.15, 0.2) is 5.06 Å². The summed E-state index contributed by atoms with van der Waals surface area (Å²) in [7, 11) is 0. The Balaban J connectivity index is 1.68. The zero-order chi connectivity index (χ0) is 21.9. The minimum absolute atomic E-state index is 0.0177. The molecule has 1 heterocycles. The average Bonchev–Trinajstić information content (AvgIpc) is 3.02. The van der Waals surface area contributed by atoms with Gasteiger partial charge in [-0.15, -0.1) is 6.42 Å². The number of alkyl halides is 1. The first-order valence-corrected chi connectivity index (χ1v) is 10.2. The Bertz CT molecular complexity index is 1120. The normalized spacial score (nSPS) is 25.6. The molecule has 1 saturated carbocycles. The number of benzene rings is 2. The summed E-state index contributed by atoms with van der Waals surface area (Å²) < 4.78 is 6.31. The van der Waals surface area contributed by atoms with Gasteiger partial charge in [0.1, 0.15) is 11.8 Å². The lowest BCUT2D eigenvalue weighted by atomic mass is 9.48. The molecular weight excluding hydrogens is 396 g/mol. The molecule has 1 aliphatic heterocycles. The van der Waals surface area contributed by atoms with Crippen LogP contribution in [0.25, 0.3) is 0 Å². The minimum Gasteiger partial charge on any atom is -0.469 e. The number of hydrogen-bond acceptors (Lipinski definition) is 3. The molecule has 2 aromatic carbocycles. The third-order valence-corrected chi connectivity index (χ3v) is 7.75. The lowest BCUT2D eigenvalue weighted by Crippen LogP contribution is -2.80. The van der Waals surface area contributed by atoms with Gasteiger partial charge in [-0.1, -0.05) is 57.3 Å². The van der Waals surface area contributed by atoms with E-state index in [1.807, 2.05) is 44.7 Å². The molecule has 4 rings (SSSR count). The Morgan fingerprint density at radius 3 is 2.47 bits per heavy atom. The zero-order valence-corrected chi connectivity index (χ0v) is 18.2. The highest BCUT2D eigenvalue weighted by molar-refractivity contribution is 6.25. The number of fused-ring (bicyclic) bond motifs is 1. The van der Waals surface area contributed by atoms with E-state index in [9.17, 15) is 10.1 Å². The second-order valence-corrected chi connectivity index (χ2v) is 9.63. The van der Waals surface area contributed by atoms with E-state index in [1.165, 1.54) is 0 Å². The van der Waals surface area contributed by atoms with Crippen molar-refractivity contribution in [2.45, 2.75) is 45.3 Å². The molecule has 1 aliphatic carbocycles. The van der Waals surface area contributed by atoms with Gasteiger partial charge >= 0.3 is 0 Å². The molecule has 2 aromatic rings. The van der Waals surface area contributed by atoms with Crippen molar-refractivity contribution in [1.82, 2.24) is 4.90 Å². The van der Waals surface area contributed by atoms with Crippen molar-refractivity contribution in [1.29, 1.82) is 5.26 Å². The Kier molecular flexibility index (Phi) is 4.42. The standard InChI is InChI=1S/C25H23ClN2O2/c1-6-16-11-12-19-18(13-16)15-28(21(19)29)22-23(2,3)25(26,24(22,4)5)30-20-10-8-7-9-17(20)14-27/h1,7-13,22H,15H2,2-5H3. The van der Waals surface area contributed by atoms with E-state index in [4.69, 9.17) is 22.8 Å². The van der Waals surface area contributed by atoms with Gasteiger partial charge in [0.05, 0.1) is 11.6 Å². The molecule has 0 bridgehead atoms. The maximum atomic E-state index is 13.2. The summed E-state index contributed by atoms with van der Waals surface area (Å²) in [5, 5.41) is 8.33. The summed E-state index contributed by atoms with van der Waals surface area (Å²) in [6.45, 7) is 8.52. The molecule has 0 saturated heterocycles. The maximum Gasteiger partial charge on any atom is 0.254 e. The second-order valence-electron chi connectivity index (χ2n) is 9.10. The van der Waals surface area contributed by atoms with Crippen LogP contribution in [0.3, 0.4) is 0 Å². The molecule has 1 fully saturated rings. The molecular formula is C25H23ClN2O2. The van der Waals surface area contributed by atoms with E-state index in [-0.39, 0.29) is 11.9 Å². The van der Waals surface area contributed by atoms with E-state index >= 15 is 0 Å². The lowest BCUT2D eigenvalue weighted by molar-refractivity contribution is -0.228. The first kappa shape index (κ1) is 20.3. The van der Waals surface area contributed by atoms with Crippen LogP contribution in [0.2, 0.25) is 0 Å². The Labute approximate surface area is 182 Å². The number of halogens is 1. The number of para-hydroxylation sites is 1. The number of amides is 1. The predicted octanol–water partition coefficient (Wildman–Crippen LogP) is 4.94. The zero-order valence-electron chi connectivity index (χ0n) is 17.5. The fourth-order valence-electron chi connectivity index (χ4n) is 5.49. The molecule has 0 atom stereocenters. The van der Waals surface area contributed by atoms with Gasteiger partial charge in [0, 0.05) is 28.5 Å². The SMILES string of the molecule is C#Cc1ccc2c(c1)CN(C1C(C)(C)C(Cl)(Oc3ccccc3C#N)C1(C)C)C2=O.